The number of piperazine rings is 1. The Kier molecular flexibility index (Phi) is 6.76. The predicted octanol–water partition coefficient (Wildman–Crippen LogP) is 4.09. The van der Waals surface area contributed by atoms with Crippen molar-refractivity contribution in [1.82, 2.24) is 20.1 Å². The van der Waals surface area contributed by atoms with Gasteiger partial charge in [0.05, 0.1) is 41.7 Å². The number of anilines is 1. The molecule has 2 saturated heterocycles. The quantitative estimate of drug-likeness (QED) is 0.582. The number of hydrogen-bond acceptors (Lipinski definition) is 7. The summed E-state index contributed by atoms with van der Waals surface area (Å²) in [5.74, 6) is 1.58. The number of nitrogens with zero attached hydrogens (tertiary/aromatic N) is 6. The first-order valence-electron chi connectivity index (χ1n) is 13.0. The molecule has 0 radical (unpaired) electrons. The van der Waals surface area contributed by atoms with Crippen LogP contribution >= 0.6 is 0 Å². The van der Waals surface area contributed by atoms with Crippen LogP contribution in [0.15, 0.2) is 18.8 Å². The summed E-state index contributed by atoms with van der Waals surface area (Å²) in [6, 6.07) is 4.47. The highest BCUT2D eigenvalue weighted by Crippen LogP contribution is 2.46. The molecule has 36 heavy (non-hydrogen) atoms. The van der Waals surface area contributed by atoms with E-state index in [4.69, 9.17) is 9.72 Å². The fourth-order valence-electron chi connectivity index (χ4n) is 5.35. The van der Waals surface area contributed by atoms with Crippen LogP contribution in [0, 0.1) is 24.2 Å². The molecule has 0 bridgehead atoms. The van der Waals surface area contributed by atoms with E-state index >= 15 is 0 Å². The minimum atomic E-state index is 0.0589. The average molecular weight is 487 g/mol. The van der Waals surface area contributed by atoms with Gasteiger partial charge >= 0.3 is 0 Å². The van der Waals surface area contributed by atoms with Crippen LogP contribution < -0.4 is 4.90 Å². The van der Waals surface area contributed by atoms with Crippen LogP contribution in [-0.2, 0) is 9.53 Å². The third kappa shape index (κ3) is 4.60. The summed E-state index contributed by atoms with van der Waals surface area (Å²) in [7, 11) is 0. The topological polar surface area (TPSA) is 95.2 Å². The Morgan fingerprint density at radius 1 is 1.33 bits per heavy atom. The lowest BCUT2D eigenvalue weighted by atomic mass is 9.93. The standard InChI is InChI=1S/C28H34N6O2/c1-5-21-12-20(15-30-32-21)26-18(4)23(14-29)28(31-27(26)19-6-7-19)33-9-10-34(24(16-33)17(2)3)25(35)13-22-8-11-36-22/h5,12,15,17,19,22,24H,1,6-11,13,16H2,2-4H3. The van der Waals surface area contributed by atoms with Crippen molar-refractivity contribution in [3.63, 3.8) is 0 Å². The molecule has 5 rings (SSSR count). The van der Waals surface area contributed by atoms with Crippen molar-refractivity contribution in [1.29, 1.82) is 5.26 Å². The van der Waals surface area contributed by atoms with Gasteiger partial charge in [-0.25, -0.2) is 4.98 Å². The van der Waals surface area contributed by atoms with E-state index in [9.17, 15) is 10.1 Å². The second-order valence-electron chi connectivity index (χ2n) is 10.5. The van der Waals surface area contributed by atoms with E-state index in [-0.39, 0.29) is 24.0 Å². The molecule has 2 aromatic rings. The SMILES string of the molecule is C=Cc1cc(-c2c(C3CC3)nc(N3CCN(C(=O)CC4CCO4)C(C(C)C)C3)c(C#N)c2C)cnn1. The van der Waals surface area contributed by atoms with Crippen LogP contribution in [0.1, 0.15) is 68.0 Å². The fourth-order valence-corrected chi connectivity index (χ4v) is 5.35. The van der Waals surface area contributed by atoms with Gasteiger partial charge in [-0.2, -0.15) is 15.5 Å². The monoisotopic (exact) mass is 486 g/mol. The van der Waals surface area contributed by atoms with Crippen molar-refractivity contribution in [2.75, 3.05) is 31.1 Å². The van der Waals surface area contributed by atoms with Gasteiger partial charge in [-0.15, -0.1) is 0 Å². The number of pyridine rings is 1. The van der Waals surface area contributed by atoms with Gasteiger partial charge in [0.2, 0.25) is 5.91 Å². The van der Waals surface area contributed by atoms with Gasteiger partial charge in [-0.05, 0) is 49.8 Å². The number of hydrogen-bond donors (Lipinski definition) is 0. The molecule has 8 nitrogen and oxygen atoms in total. The highest BCUT2D eigenvalue weighted by Gasteiger charge is 2.37. The van der Waals surface area contributed by atoms with Gasteiger partial charge in [0.15, 0.2) is 0 Å². The van der Waals surface area contributed by atoms with Crippen LogP contribution in [-0.4, -0.2) is 64.4 Å². The summed E-state index contributed by atoms with van der Waals surface area (Å²) in [4.78, 5) is 22.5. The molecule has 3 fully saturated rings. The molecule has 1 amide bonds. The van der Waals surface area contributed by atoms with E-state index in [1.165, 1.54) is 0 Å². The van der Waals surface area contributed by atoms with E-state index in [1.807, 2.05) is 17.9 Å². The molecule has 2 aliphatic heterocycles. The minimum Gasteiger partial charge on any atom is -0.377 e. The minimum absolute atomic E-state index is 0.0589. The number of carbonyl (C=O) groups excluding carboxylic acids is 1. The first-order chi connectivity index (χ1) is 17.4. The zero-order chi connectivity index (χ0) is 25.4. The lowest BCUT2D eigenvalue weighted by Crippen LogP contribution is -2.58. The molecule has 2 aromatic heterocycles. The van der Waals surface area contributed by atoms with E-state index < -0.39 is 0 Å². The first kappa shape index (κ1) is 24.4. The van der Waals surface area contributed by atoms with E-state index in [2.05, 4.69) is 41.6 Å². The van der Waals surface area contributed by atoms with Gasteiger partial charge < -0.3 is 14.5 Å². The smallest absolute Gasteiger partial charge is 0.225 e. The maximum absolute atomic E-state index is 13.1. The normalized spacial score (nSPS) is 21.8. The van der Waals surface area contributed by atoms with E-state index in [1.54, 1.807) is 12.3 Å². The largest absolute Gasteiger partial charge is 0.377 e. The van der Waals surface area contributed by atoms with E-state index in [0.717, 1.165) is 54.1 Å². The fraction of sp³-hybridized carbons (Fsp3) is 0.536. The number of rotatable bonds is 7. The van der Waals surface area contributed by atoms with Gasteiger partial charge in [0, 0.05) is 43.3 Å². The summed E-state index contributed by atoms with van der Waals surface area (Å²) in [5, 5.41) is 18.5. The molecule has 1 saturated carbocycles. The maximum Gasteiger partial charge on any atom is 0.225 e. The van der Waals surface area contributed by atoms with Crippen molar-refractivity contribution in [3.8, 4) is 17.2 Å². The molecular weight excluding hydrogens is 452 g/mol. The lowest BCUT2D eigenvalue weighted by Gasteiger charge is -2.45. The molecule has 2 atom stereocenters. The maximum atomic E-state index is 13.1. The van der Waals surface area contributed by atoms with Gasteiger partial charge in [0.25, 0.3) is 0 Å². The molecule has 1 aliphatic carbocycles. The van der Waals surface area contributed by atoms with Crippen LogP contribution in [0.3, 0.4) is 0 Å². The summed E-state index contributed by atoms with van der Waals surface area (Å²) in [6.07, 6.45) is 7.10. The van der Waals surface area contributed by atoms with Crippen molar-refractivity contribution in [3.05, 3.63) is 41.4 Å². The molecule has 4 heterocycles. The molecule has 3 aliphatic rings. The summed E-state index contributed by atoms with van der Waals surface area (Å²) >= 11 is 0. The number of carbonyl (C=O) groups is 1. The third-order valence-corrected chi connectivity index (χ3v) is 7.71. The number of ether oxygens (including phenoxy) is 1. The Morgan fingerprint density at radius 3 is 2.72 bits per heavy atom. The molecule has 0 N–H and O–H groups in total. The zero-order valence-corrected chi connectivity index (χ0v) is 21.4. The lowest BCUT2D eigenvalue weighted by molar-refractivity contribution is -0.142. The Labute approximate surface area is 213 Å². The van der Waals surface area contributed by atoms with Crippen molar-refractivity contribution in [2.45, 2.75) is 64.5 Å². The van der Waals surface area contributed by atoms with Crippen LogP contribution in [0.5, 0.6) is 0 Å². The Hall–Kier alpha value is -3.31. The molecule has 8 heteroatoms. The van der Waals surface area contributed by atoms with Crippen LogP contribution in [0.4, 0.5) is 5.82 Å². The van der Waals surface area contributed by atoms with Crippen molar-refractivity contribution < 1.29 is 9.53 Å². The zero-order valence-electron chi connectivity index (χ0n) is 21.4. The first-order valence-corrected chi connectivity index (χ1v) is 13.0. The summed E-state index contributed by atoms with van der Waals surface area (Å²) in [6.45, 7) is 12.8. The summed E-state index contributed by atoms with van der Waals surface area (Å²) < 4.78 is 5.51. The summed E-state index contributed by atoms with van der Waals surface area (Å²) in [5.41, 5.74) is 5.16. The highest BCUT2D eigenvalue weighted by molar-refractivity contribution is 5.79. The van der Waals surface area contributed by atoms with Crippen LogP contribution in [0.2, 0.25) is 0 Å². The van der Waals surface area contributed by atoms with Crippen molar-refractivity contribution >= 4 is 17.8 Å². The van der Waals surface area contributed by atoms with E-state index in [0.29, 0.717) is 43.2 Å². The second-order valence-corrected chi connectivity index (χ2v) is 10.5. The van der Waals surface area contributed by atoms with Crippen LogP contribution in [0.25, 0.3) is 17.2 Å². The molecule has 2 unspecified atom stereocenters. The average Bonchev–Trinajstić information content (AvgIpc) is 3.70. The third-order valence-electron chi connectivity index (χ3n) is 7.71. The molecular formula is C28H34N6O2. The van der Waals surface area contributed by atoms with Gasteiger partial charge in [-0.1, -0.05) is 20.4 Å². The highest BCUT2D eigenvalue weighted by atomic mass is 16.5. The molecule has 0 aromatic carbocycles. The molecule has 0 spiro atoms. The Morgan fingerprint density at radius 2 is 2.11 bits per heavy atom. The second kappa shape index (κ2) is 9.98. The predicted molar refractivity (Wildman–Crippen MR) is 138 cm³/mol. The number of aromatic nitrogens is 3. The Bertz CT molecular complexity index is 1210. The Balaban J connectivity index is 1.49. The van der Waals surface area contributed by atoms with Gasteiger partial charge in [0.1, 0.15) is 11.9 Å². The van der Waals surface area contributed by atoms with Gasteiger partial charge in [-0.3, -0.25) is 4.79 Å². The van der Waals surface area contributed by atoms with Crippen molar-refractivity contribution in [2.24, 2.45) is 5.92 Å². The number of amides is 1. The molecule has 188 valence electrons. The number of nitriles is 1.